The fourth-order valence-electron chi connectivity index (χ4n) is 2.56. The van der Waals surface area contributed by atoms with E-state index in [0.717, 1.165) is 19.2 Å². The van der Waals surface area contributed by atoms with Gasteiger partial charge in [0, 0.05) is 30.2 Å². The molecule has 0 aromatic heterocycles. The molecule has 1 fully saturated rings. The number of nitrogens with two attached hydrogens (primary N) is 1. The molecule has 2 rings (SSSR count). The number of rotatable bonds is 4. The van der Waals surface area contributed by atoms with Crippen LogP contribution in [0.4, 0.5) is 8.78 Å². The van der Waals surface area contributed by atoms with Gasteiger partial charge in [-0.25, -0.2) is 8.78 Å². The third-order valence-corrected chi connectivity index (χ3v) is 3.91. The summed E-state index contributed by atoms with van der Waals surface area (Å²) < 4.78 is 32.3. The Morgan fingerprint density at radius 2 is 2.15 bits per heavy atom. The number of morpholine rings is 1. The van der Waals surface area contributed by atoms with Crippen LogP contribution in [-0.2, 0) is 4.74 Å². The summed E-state index contributed by atoms with van der Waals surface area (Å²) in [5, 5.41) is 0. The molecular formula is C15H22F2N2O. The SMILES string of the molecule is CC1(C)COCCN1CCC(N)c1cccc(F)c1F. The van der Waals surface area contributed by atoms with Crippen LogP contribution in [0.2, 0.25) is 0 Å². The first kappa shape index (κ1) is 15.4. The van der Waals surface area contributed by atoms with Gasteiger partial charge in [0.15, 0.2) is 11.6 Å². The fourth-order valence-corrected chi connectivity index (χ4v) is 2.56. The second kappa shape index (κ2) is 6.16. The van der Waals surface area contributed by atoms with Gasteiger partial charge in [0.2, 0.25) is 0 Å². The standard InChI is InChI=1S/C15H22F2N2O/c1-15(2)10-20-9-8-19(15)7-6-13(18)11-4-3-5-12(16)14(11)17/h3-5,13H,6-10,18H2,1-2H3. The summed E-state index contributed by atoms with van der Waals surface area (Å²) in [4.78, 5) is 2.29. The van der Waals surface area contributed by atoms with Crippen LogP contribution < -0.4 is 5.73 Å². The molecule has 1 aromatic rings. The Balaban J connectivity index is 1.98. The van der Waals surface area contributed by atoms with Gasteiger partial charge in [-0.15, -0.1) is 0 Å². The first-order valence-electron chi connectivity index (χ1n) is 6.94. The number of hydrogen-bond acceptors (Lipinski definition) is 3. The molecule has 1 atom stereocenters. The average molecular weight is 284 g/mol. The third kappa shape index (κ3) is 3.34. The summed E-state index contributed by atoms with van der Waals surface area (Å²) in [5.41, 5.74) is 6.21. The van der Waals surface area contributed by atoms with E-state index in [0.29, 0.717) is 19.6 Å². The number of hydrogen-bond donors (Lipinski definition) is 1. The molecule has 0 radical (unpaired) electrons. The molecule has 1 unspecified atom stereocenters. The first-order valence-corrected chi connectivity index (χ1v) is 6.94. The average Bonchev–Trinajstić information content (AvgIpc) is 2.40. The van der Waals surface area contributed by atoms with Crippen LogP contribution >= 0.6 is 0 Å². The Bertz CT molecular complexity index is 465. The molecule has 20 heavy (non-hydrogen) atoms. The quantitative estimate of drug-likeness (QED) is 0.923. The van der Waals surface area contributed by atoms with Crippen molar-refractivity contribution in [1.29, 1.82) is 0 Å². The number of halogens is 2. The topological polar surface area (TPSA) is 38.5 Å². The van der Waals surface area contributed by atoms with Crippen LogP contribution in [0.5, 0.6) is 0 Å². The highest BCUT2D eigenvalue weighted by Gasteiger charge is 2.30. The maximum atomic E-state index is 13.7. The highest BCUT2D eigenvalue weighted by molar-refractivity contribution is 5.22. The van der Waals surface area contributed by atoms with E-state index in [9.17, 15) is 8.78 Å². The minimum atomic E-state index is -0.843. The fraction of sp³-hybridized carbons (Fsp3) is 0.600. The van der Waals surface area contributed by atoms with Crippen molar-refractivity contribution >= 4 is 0 Å². The summed E-state index contributed by atoms with van der Waals surface area (Å²) in [6, 6.07) is 3.65. The van der Waals surface area contributed by atoms with Gasteiger partial charge in [-0.3, -0.25) is 4.90 Å². The van der Waals surface area contributed by atoms with Gasteiger partial charge >= 0.3 is 0 Å². The molecule has 1 aromatic carbocycles. The Kier molecular flexibility index (Phi) is 4.73. The van der Waals surface area contributed by atoms with E-state index >= 15 is 0 Å². The molecule has 0 amide bonds. The maximum Gasteiger partial charge on any atom is 0.163 e. The normalized spacial score (nSPS) is 20.9. The summed E-state index contributed by atoms with van der Waals surface area (Å²) in [5.74, 6) is -1.68. The van der Waals surface area contributed by atoms with Crippen molar-refractivity contribution in [3.8, 4) is 0 Å². The number of ether oxygens (including phenoxy) is 1. The van der Waals surface area contributed by atoms with E-state index in [1.165, 1.54) is 6.07 Å². The monoisotopic (exact) mass is 284 g/mol. The zero-order chi connectivity index (χ0) is 14.8. The van der Waals surface area contributed by atoms with Gasteiger partial charge in [-0.2, -0.15) is 0 Å². The molecule has 5 heteroatoms. The molecule has 1 aliphatic rings. The van der Waals surface area contributed by atoms with Crippen LogP contribution in [0.25, 0.3) is 0 Å². The van der Waals surface area contributed by atoms with Crippen molar-refractivity contribution in [3.63, 3.8) is 0 Å². The van der Waals surface area contributed by atoms with E-state index in [1.54, 1.807) is 6.07 Å². The van der Waals surface area contributed by atoms with Crippen molar-refractivity contribution in [2.45, 2.75) is 31.8 Å². The summed E-state index contributed by atoms with van der Waals surface area (Å²) in [6.07, 6.45) is 0.587. The molecule has 2 N–H and O–H groups in total. The Hall–Kier alpha value is -1.04. The van der Waals surface area contributed by atoms with E-state index in [2.05, 4.69) is 18.7 Å². The van der Waals surface area contributed by atoms with Gasteiger partial charge in [0.25, 0.3) is 0 Å². The third-order valence-electron chi connectivity index (χ3n) is 3.91. The van der Waals surface area contributed by atoms with Crippen molar-refractivity contribution in [1.82, 2.24) is 4.90 Å². The molecule has 1 saturated heterocycles. The predicted octanol–water partition coefficient (Wildman–Crippen LogP) is 2.47. The zero-order valence-corrected chi connectivity index (χ0v) is 12.0. The Morgan fingerprint density at radius 3 is 2.85 bits per heavy atom. The van der Waals surface area contributed by atoms with Gasteiger partial charge in [-0.1, -0.05) is 12.1 Å². The van der Waals surface area contributed by atoms with Crippen LogP contribution in [-0.4, -0.2) is 36.7 Å². The number of benzene rings is 1. The highest BCUT2D eigenvalue weighted by Crippen LogP contribution is 2.23. The molecule has 3 nitrogen and oxygen atoms in total. The zero-order valence-electron chi connectivity index (χ0n) is 12.0. The molecule has 0 spiro atoms. The molecule has 1 heterocycles. The van der Waals surface area contributed by atoms with Crippen LogP contribution in [0.15, 0.2) is 18.2 Å². The van der Waals surface area contributed by atoms with Crippen molar-refractivity contribution < 1.29 is 13.5 Å². The highest BCUT2D eigenvalue weighted by atomic mass is 19.2. The van der Waals surface area contributed by atoms with E-state index < -0.39 is 17.7 Å². The molecule has 0 bridgehead atoms. The van der Waals surface area contributed by atoms with Gasteiger partial charge in [0.1, 0.15) is 0 Å². The molecular weight excluding hydrogens is 262 g/mol. The summed E-state index contributed by atoms with van der Waals surface area (Å²) in [6.45, 7) is 7.18. The predicted molar refractivity (Wildman–Crippen MR) is 74.4 cm³/mol. The van der Waals surface area contributed by atoms with Crippen molar-refractivity contribution in [2.24, 2.45) is 5.73 Å². The second-order valence-corrected chi connectivity index (χ2v) is 5.89. The Labute approximate surface area is 118 Å². The summed E-state index contributed by atoms with van der Waals surface area (Å²) >= 11 is 0. The lowest BCUT2D eigenvalue weighted by Crippen LogP contribution is -2.53. The lowest BCUT2D eigenvalue weighted by Gasteiger charge is -2.42. The van der Waals surface area contributed by atoms with E-state index in [4.69, 9.17) is 10.5 Å². The molecule has 0 saturated carbocycles. The minimum absolute atomic E-state index is 0.0432. The number of nitrogens with zero attached hydrogens (tertiary/aromatic N) is 1. The minimum Gasteiger partial charge on any atom is -0.378 e. The Morgan fingerprint density at radius 1 is 1.40 bits per heavy atom. The van der Waals surface area contributed by atoms with Crippen LogP contribution in [0.1, 0.15) is 31.9 Å². The van der Waals surface area contributed by atoms with Crippen LogP contribution in [0.3, 0.4) is 0 Å². The van der Waals surface area contributed by atoms with Gasteiger partial charge < -0.3 is 10.5 Å². The van der Waals surface area contributed by atoms with Gasteiger partial charge in [-0.05, 0) is 26.3 Å². The molecule has 0 aliphatic carbocycles. The lowest BCUT2D eigenvalue weighted by molar-refractivity contribution is -0.0518. The molecule has 1 aliphatic heterocycles. The maximum absolute atomic E-state index is 13.7. The second-order valence-electron chi connectivity index (χ2n) is 5.89. The lowest BCUT2D eigenvalue weighted by atomic mass is 9.99. The van der Waals surface area contributed by atoms with Crippen molar-refractivity contribution in [3.05, 3.63) is 35.4 Å². The van der Waals surface area contributed by atoms with Crippen molar-refractivity contribution in [2.75, 3.05) is 26.3 Å². The largest absolute Gasteiger partial charge is 0.378 e. The van der Waals surface area contributed by atoms with E-state index in [1.807, 2.05) is 0 Å². The summed E-state index contributed by atoms with van der Waals surface area (Å²) in [7, 11) is 0. The van der Waals surface area contributed by atoms with Gasteiger partial charge in [0.05, 0.1) is 13.2 Å². The first-order chi connectivity index (χ1) is 9.42. The van der Waals surface area contributed by atoms with Crippen LogP contribution in [0, 0.1) is 11.6 Å². The van der Waals surface area contributed by atoms with E-state index in [-0.39, 0.29) is 11.1 Å². The molecule has 112 valence electrons. The smallest absolute Gasteiger partial charge is 0.163 e.